The molecule has 0 saturated heterocycles. The lowest BCUT2D eigenvalue weighted by Gasteiger charge is -2.32. The second-order valence-electron chi connectivity index (χ2n) is 6.56. The number of methoxy groups -OCH3 is 1. The zero-order chi connectivity index (χ0) is 20.1. The molecule has 6 nitrogen and oxygen atoms in total. The molecule has 3 rings (SSSR count). The number of rotatable bonds is 6. The van der Waals surface area contributed by atoms with Crippen molar-refractivity contribution < 1.29 is 24.2 Å². The number of hydrogen-bond donors (Lipinski definition) is 1. The molecule has 1 N–H and O–H groups in total. The summed E-state index contributed by atoms with van der Waals surface area (Å²) >= 11 is 0. The average Bonchev–Trinajstić information content (AvgIpc) is 2.71. The molecule has 2 aromatic carbocycles. The van der Waals surface area contributed by atoms with Crippen molar-refractivity contribution in [3.63, 3.8) is 0 Å². The van der Waals surface area contributed by atoms with E-state index in [9.17, 15) is 14.7 Å². The van der Waals surface area contributed by atoms with Gasteiger partial charge in [-0.2, -0.15) is 0 Å². The Morgan fingerprint density at radius 3 is 2.71 bits per heavy atom. The molecule has 1 atom stereocenters. The van der Waals surface area contributed by atoms with Crippen molar-refractivity contribution in [2.45, 2.75) is 19.4 Å². The predicted octanol–water partition coefficient (Wildman–Crippen LogP) is 3.32. The van der Waals surface area contributed by atoms with E-state index in [4.69, 9.17) is 9.47 Å². The number of fused-ring (bicyclic) bond motifs is 1. The Kier molecular flexibility index (Phi) is 5.99. The van der Waals surface area contributed by atoms with Crippen molar-refractivity contribution in [3.05, 3.63) is 65.2 Å². The first-order valence-electron chi connectivity index (χ1n) is 9.05. The van der Waals surface area contributed by atoms with Gasteiger partial charge in [0.2, 0.25) is 0 Å². The van der Waals surface area contributed by atoms with Gasteiger partial charge in [0.05, 0.1) is 13.0 Å². The number of ether oxygens (including phenoxy) is 2. The Morgan fingerprint density at radius 1 is 1.21 bits per heavy atom. The minimum atomic E-state index is -0.938. The van der Waals surface area contributed by atoms with Crippen molar-refractivity contribution >= 4 is 18.0 Å². The highest BCUT2D eigenvalue weighted by molar-refractivity contribution is 5.82. The normalized spacial score (nSPS) is 15.9. The van der Waals surface area contributed by atoms with Crippen LogP contribution in [0.3, 0.4) is 0 Å². The van der Waals surface area contributed by atoms with Crippen LogP contribution < -0.4 is 9.47 Å². The van der Waals surface area contributed by atoms with Crippen molar-refractivity contribution in [2.24, 2.45) is 0 Å². The van der Waals surface area contributed by atoms with E-state index in [-0.39, 0.29) is 19.1 Å². The summed E-state index contributed by atoms with van der Waals surface area (Å²) in [6.45, 7) is 2.25. The molecule has 1 aliphatic rings. The zero-order valence-electron chi connectivity index (χ0n) is 15.9. The Balaban J connectivity index is 1.71. The van der Waals surface area contributed by atoms with Crippen LogP contribution in [0.15, 0.2) is 48.5 Å². The lowest BCUT2D eigenvalue weighted by Crippen LogP contribution is -2.42. The number of carbonyl (C=O) groups is 2. The summed E-state index contributed by atoms with van der Waals surface area (Å²) in [6.07, 6.45) is 3.86. The van der Waals surface area contributed by atoms with E-state index in [1.165, 1.54) is 4.90 Å². The Labute approximate surface area is 164 Å². The molecule has 0 bridgehead atoms. The van der Waals surface area contributed by atoms with E-state index in [0.29, 0.717) is 18.0 Å². The van der Waals surface area contributed by atoms with E-state index >= 15 is 0 Å². The highest BCUT2D eigenvalue weighted by Gasteiger charge is 2.32. The average molecular weight is 381 g/mol. The van der Waals surface area contributed by atoms with Crippen LogP contribution in [0.25, 0.3) is 6.08 Å². The van der Waals surface area contributed by atoms with Crippen LogP contribution in [0.1, 0.15) is 29.5 Å². The van der Waals surface area contributed by atoms with Gasteiger partial charge in [-0.1, -0.05) is 42.5 Å². The highest BCUT2D eigenvalue weighted by atomic mass is 16.5. The van der Waals surface area contributed by atoms with Crippen LogP contribution >= 0.6 is 0 Å². The van der Waals surface area contributed by atoms with Gasteiger partial charge >= 0.3 is 5.97 Å². The van der Waals surface area contributed by atoms with Gasteiger partial charge in [-0.25, -0.2) is 0 Å². The fraction of sp³-hybridized carbons (Fsp3) is 0.273. The largest absolute Gasteiger partial charge is 0.493 e. The van der Waals surface area contributed by atoms with Crippen LogP contribution in [0.2, 0.25) is 0 Å². The highest BCUT2D eigenvalue weighted by Crippen LogP contribution is 2.30. The van der Waals surface area contributed by atoms with Gasteiger partial charge in [0.15, 0.2) is 18.1 Å². The SMILES string of the molecule is C/C=C/c1ccc(OCC(=O)N2Cc3ccccc3C(C(=O)O)C2)c(OC)c1. The van der Waals surface area contributed by atoms with Crippen LogP contribution in [0.4, 0.5) is 0 Å². The number of allylic oxidation sites excluding steroid dienone is 1. The molecule has 0 fully saturated rings. The van der Waals surface area contributed by atoms with E-state index in [1.54, 1.807) is 13.2 Å². The molecule has 0 aromatic heterocycles. The summed E-state index contributed by atoms with van der Waals surface area (Å²) in [5.74, 6) is -0.928. The number of hydrogen-bond acceptors (Lipinski definition) is 4. The van der Waals surface area contributed by atoms with Gasteiger partial charge in [-0.05, 0) is 35.7 Å². The number of carboxylic acid groups (broad SMARTS) is 1. The molecule has 1 amide bonds. The third-order valence-corrected chi connectivity index (χ3v) is 4.74. The monoisotopic (exact) mass is 381 g/mol. The third-order valence-electron chi connectivity index (χ3n) is 4.74. The predicted molar refractivity (Wildman–Crippen MR) is 105 cm³/mol. The second-order valence-corrected chi connectivity index (χ2v) is 6.56. The molecule has 1 unspecified atom stereocenters. The van der Waals surface area contributed by atoms with Gasteiger partial charge in [0.25, 0.3) is 5.91 Å². The van der Waals surface area contributed by atoms with Crippen molar-refractivity contribution in [3.8, 4) is 11.5 Å². The minimum absolute atomic E-state index is 0.131. The molecule has 6 heteroatoms. The summed E-state index contributed by atoms with van der Waals surface area (Å²) in [6, 6.07) is 12.8. The second kappa shape index (κ2) is 8.61. The maximum Gasteiger partial charge on any atom is 0.312 e. The Morgan fingerprint density at radius 2 is 2.00 bits per heavy atom. The molecular weight excluding hydrogens is 358 g/mol. The van der Waals surface area contributed by atoms with E-state index in [1.807, 2.05) is 55.5 Å². The summed E-state index contributed by atoms with van der Waals surface area (Å²) < 4.78 is 11.0. The number of aliphatic carboxylic acids is 1. The molecule has 146 valence electrons. The fourth-order valence-corrected chi connectivity index (χ4v) is 3.34. The Bertz CT molecular complexity index is 906. The van der Waals surface area contributed by atoms with Gasteiger partial charge in [-0.3, -0.25) is 9.59 Å². The first-order valence-corrected chi connectivity index (χ1v) is 9.05. The lowest BCUT2D eigenvalue weighted by molar-refractivity contribution is -0.142. The molecule has 0 radical (unpaired) electrons. The van der Waals surface area contributed by atoms with Crippen LogP contribution in [-0.4, -0.2) is 42.1 Å². The van der Waals surface area contributed by atoms with E-state index in [2.05, 4.69) is 0 Å². The van der Waals surface area contributed by atoms with Gasteiger partial charge in [-0.15, -0.1) is 0 Å². The summed E-state index contributed by atoms with van der Waals surface area (Å²) in [5, 5.41) is 9.54. The fourth-order valence-electron chi connectivity index (χ4n) is 3.34. The summed E-state index contributed by atoms with van der Waals surface area (Å²) in [4.78, 5) is 25.8. The number of carboxylic acids is 1. The van der Waals surface area contributed by atoms with Gasteiger partial charge in [0, 0.05) is 13.1 Å². The molecular formula is C22H23NO5. The molecule has 1 heterocycles. The molecule has 0 saturated carbocycles. The quantitative estimate of drug-likeness (QED) is 0.831. The lowest BCUT2D eigenvalue weighted by atomic mass is 9.90. The molecule has 0 aliphatic carbocycles. The van der Waals surface area contributed by atoms with Crippen molar-refractivity contribution in [1.29, 1.82) is 0 Å². The molecule has 28 heavy (non-hydrogen) atoms. The van der Waals surface area contributed by atoms with Crippen molar-refractivity contribution in [2.75, 3.05) is 20.3 Å². The van der Waals surface area contributed by atoms with Crippen LogP contribution in [0, 0.1) is 0 Å². The zero-order valence-corrected chi connectivity index (χ0v) is 15.9. The number of carbonyl (C=O) groups excluding carboxylic acids is 1. The molecule has 2 aromatic rings. The van der Waals surface area contributed by atoms with Crippen molar-refractivity contribution in [1.82, 2.24) is 4.90 Å². The van der Waals surface area contributed by atoms with Crippen LogP contribution in [0.5, 0.6) is 11.5 Å². The third kappa shape index (κ3) is 4.17. The number of nitrogens with zero attached hydrogens (tertiary/aromatic N) is 1. The smallest absolute Gasteiger partial charge is 0.312 e. The number of benzene rings is 2. The summed E-state index contributed by atoms with van der Waals surface area (Å²) in [7, 11) is 1.54. The topological polar surface area (TPSA) is 76.1 Å². The molecule has 0 spiro atoms. The first kappa shape index (κ1) is 19.5. The number of amides is 1. The first-order chi connectivity index (χ1) is 13.5. The standard InChI is InChI=1S/C22H23NO5/c1-3-6-15-9-10-19(20(11-15)27-2)28-14-21(24)23-12-16-7-4-5-8-17(16)18(13-23)22(25)26/h3-11,18H,12-14H2,1-2H3,(H,25,26)/b6-3+. The van der Waals surface area contributed by atoms with Gasteiger partial charge in [0.1, 0.15) is 0 Å². The maximum absolute atomic E-state index is 12.7. The van der Waals surface area contributed by atoms with E-state index in [0.717, 1.165) is 16.7 Å². The maximum atomic E-state index is 12.7. The van der Waals surface area contributed by atoms with Crippen LogP contribution in [-0.2, 0) is 16.1 Å². The summed E-state index contributed by atoms with van der Waals surface area (Å²) in [5.41, 5.74) is 2.58. The van der Waals surface area contributed by atoms with E-state index < -0.39 is 11.9 Å². The minimum Gasteiger partial charge on any atom is -0.493 e. The van der Waals surface area contributed by atoms with Gasteiger partial charge < -0.3 is 19.5 Å². The Hall–Kier alpha value is -3.28. The molecule has 1 aliphatic heterocycles.